The van der Waals surface area contributed by atoms with Gasteiger partial charge in [-0.1, -0.05) is 6.92 Å². The van der Waals surface area contributed by atoms with Crippen molar-refractivity contribution in [2.45, 2.75) is 13.3 Å². The van der Waals surface area contributed by atoms with Gasteiger partial charge in [0, 0.05) is 18.8 Å². The van der Waals surface area contributed by atoms with Crippen molar-refractivity contribution in [2.24, 2.45) is 0 Å². The molecule has 0 bridgehead atoms. The van der Waals surface area contributed by atoms with Gasteiger partial charge >= 0.3 is 0 Å². The first kappa shape index (κ1) is 13.9. The largest absolute Gasteiger partial charge is 0.480 e. The Hall–Kier alpha value is -1.51. The number of ether oxygens (including phenoxy) is 1. The molecule has 0 saturated carbocycles. The van der Waals surface area contributed by atoms with Gasteiger partial charge in [0.05, 0.1) is 10.7 Å². The number of hydrogen-bond donors (Lipinski definition) is 1. The lowest BCUT2D eigenvalue weighted by Gasteiger charge is -2.07. The Balaban J connectivity index is 2.28. The first-order chi connectivity index (χ1) is 9.24. The van der Waals surface area contributed by atoms with Crippen LogP contribution in [0.4, 0.5) is 5.82 Å². The fraction of sp³-hybridized carbons (Fsp3) is 0.333. The van der Waals surface area contributed by atoms with Gasteiger partial charge in [0.15, 0.2) is 5.82 Å². The second-order valence-electron chi connectivity index (χ2n) is 3.78. The third-order valence-corrected chi connectivity index (χ3v) is 3.15. The Bertz CT molecular complexity index is 546. The lowest BCUT2D eigenvalue weighted by Crippen LogP contribution is -2.06. The van der Waals surface area contributed by atoms with E-state index in [0.29, 0.717) is 17.4 Å². The van der Waals surface area contributed by atoms with Crippen LogP contribution in [0.2, 0.25) is 0 Å². The van der Waals surface area contributed by atoms with Gasteiger partial charge in [-0.2, -0.15) is 0 Å². The molecule has 2 heterocycles. The quantitative estimate of drug-likeness (QED) is 0.814. The molecule has 0 aromatic carbocycles. The summed E-state index contributed by atoms with van der Waals surface area (Å²) < 4.78 is 5.96. The number of rotatable bonds is 5. The zero-order valence-corrected chi connectivity index (χ0v) is 12.9. The molecular weight excluding hydrogens is 357 g/mol. The Morgan fingerprint density at radius 1 is 1.32 bits per heavy atom. The predicted octanol–water partition coefficient (Wildman–Crippen LogP) is 2.37. The standard InChI is InChI=1S/C12H14IN5O/c1-3-6-14-11-8(13)7-15-12(16-11)9-4-5-10(19-2)18-17-9/h4-5,7H,3,6H2,1-2H3,(H,14,15,16). The highest BCUT2D eigenvalue weighted by atomic mass is 127. The van der Waals surface area contributed by atoms with Gasteiger partial charge in [-0.05, 0) is 35.1 Å². The number of nitrogens with one attached hydrogen (secondary N) is 1. The minimum atomic E-state index is 0.471. The number of anilines is 1. The molecule has 0 aliphatic heterocycles. The highest BCUT2D eigenvalue weighted by Gasteiger charge is 2.08. The van der Waals surface area contributed by atoms with E-state index in [1.807, 2.05) is 0 Å². The Labute approximate surface area is 125 Å². The molecule has 0 aliphatic carbocycles. The van der Waals surface area contributed by atoms with Crippen LogP contribution in [0.3, 0.4) is 0 Å². The molecule has 0 saturated heterocycles. The average molecular weight is 371 g/mol. The van der Waals surface area contributed by atoms with E-state index in [9.17, 15) is 0 Å². The van der Waals surface area contributed by atoms with Crippen LogP contribution in [0.15, 0.2) is 18.3 Å². The van der Waals surface area contributed by atoms with Gasteiger partial charge in [-0.25, -0.2) is 9.97 Å². The monoisotopic (exact) mass is 371 g/mol. The van der Waals surface area contributed by atoms with Crippen LogP contribution in [0.1, 0.15) is 13.3 Å². The van der Waals surface area contributed by atoms with Crippen LogP contribution in [0.25, 0.3) is 11.5 Å². The topological polar surface area (TPSA) is 72.8 Å². The summed E-state index contributed by atoms with van der Waals surface area (Å²) in [5, 5.41) is 11.2. The van der Waals surface area contributed by atoms with Crippen LogP contribution >= 0.6 is 22.6 Å². The Kier molecular flexibility index (Phi) is 4.83. The fourth-order valence-corrected chi connectivity index (χ4v) is 1.86. The zero-order valence-electron chi connectivity index (χ0n) is 10.7. The van der Waals surface area contributed by atoms with Gasteiger partial charge in [0.1, 0.15) is 11.5 Å². The van der Waals surface area contributed by atoms with E-state index in [0.717, 1.165) is 22.4 Å². The maximum absolute atomic E-state index is 4.97. The van der Waals surface area contributed by atoms with Crippen molar-refractivity contribution in [2.75, 3.05) is 19.0 Å². The van der Waals surface area contributed by atoms with Crippen LogP contribution < -0.4 is 10.1 Å². The summed E-state index contributed by atoms with van der Waals surface area (Å²) in [6.07, 6.45) is 2.81. The summed E-state index contributed by atoms with van der Waals surface area (Å²) >= 11 is 2.20. The molecular formula is C12H14IN5O. The third kappa shape index (κ3) is 3.49. The second-order valence-corrected chi connectivity index (χ2v) is 4.94. The Morgan fingerprint density at radius 2 is 2.16 bits per heavy atom. The summed E-state index contributed by atoms with van der Waals surface area (Å²) in [5.74, 6) is 1.85. The summed E-state index contributed by atoms with van der Waals surface area (Å²) in [6, 6.07) is 3.53. The number of hydrogen-bond acceptors (Lipinski definition) is 6. The predicted molar refractivity (Wildman–Crippen MR) is 81.1 cm³/mol. The number of halogens is 1. The summed E-state index contributed by atoms with van der Waals surface area (Å²) in [6.45, 7) is 2.98. The van der Waals surface area contributed by atoms with Gasteiger partial charge in [0.2, 0.25) is 5.88 Å². The maximum Gasteiger partial charge on any atom is 0.233 e. The van der Waals surface area contributed by atoms with E-state index in [1.165, 1.54) is 0 Å². The van der Waals surface area contributed by atoms with Crippen molar-refractivity contribution in [3.8, 4) is 17.4 Å². The molecule has 1 N–H and O–H groups in total. The van der Waals surface area contributed by atoms with E-state index in [4.69, 9.17) is 4.74 Å². The van der Waals surface area contributed by atoms with E-state index < -0.39 is 0 Å². The first-order valence-electron chi connectivity index (χ1n) is 5.89. The maximum atomic E-state index is 4.97. The smallest absolute Gasteiger partial charge is 0.233 e. The van der Waals surface area contributed by atoms with E-state index in [-0.39, 0.29) is 0 Å². The lowest BCUT2D eigenvalue weighted by molar-refractivity contribution is 0.392. The first-order valence-corrected chi connectivity index (χ1v) is 6.97. The molecule has 0 spiro atoms. The molecule has 7 heteroatoms. The van der Waals surface area contributed by atoms with E-state index in [1.54, 1.807) is 25.4 Å². The van der Waals surface area contributed by atoms with Crippen LogP contribution in [0, 0.1) is 3.57 Å². The molecule has 19 heavy (non-hydrogen) atoms. The van der Waals surface area contributed by atoms with Crippen LogP contribution in [-0.4, -0.2) is 33.8 Å². The van der Waals surface area contributed by atoms with Gasteiger partial charge in [0.25, 0.3) is 0 Å². The highest BCUT2D eigenvalue weighted by molar-refractivity contribution is 14.1. The van der Waals surface area contributed by atoms with Crippen molar-refractivity contribution in [3.05, 3.63) is 21.9 Å². The van der Waals surface area contributed by atoms with Gasteiger partial charge in [-0.15, -0.1) is 10.2 Å². The molecule has 0 amide bonds. The Morgan fingerprint density at radius 3 is 2.79 bits per heavy atom. The number of methoxy groups -OCH3 is 1. The molecule has 6 nitrogen and oxygen atoms in total. The van der Waals surface area contributed by atoms with Crippen molar-refractivity contribution >= 4 is 28.4 Å². The fourth-order valence-electron chi connectivity index (χ4n) is 1.41. The van der Waals surface area contributed by atoms with Crippen molar-refractivity contribution in [3.63, 3.8) is 0 Å². The van der Waals surface area contributed by atoms with E-state index in [2.05, 4.69) is 55.0 Å². The van der Waals surface area contributed by atoms with Crippen molar-refractivity contribution in [1.29, 1.82) is 0 Å². The summed E-state index contributed by atoms with van der Waals surface area (Å²) in [4.78, 5) is 8.73. The third-order valence-electron chi connectivity index (χ3n) is 2.36. The van der Waals surface area contributed by atoms with Crippen molar-refractivity contribution in [1.82, 2.24) is 20.2 Å². The SMILES string of the molecule is CCCNc1nc(-c2ccc(OC)nn2)ncc1I. The summed E-state index contributed by atoms with van der Waals surface area (Å²) in [7, 11) is 1.55. The molecule has 0 unspecified atom stereocenters. The average Bonchev–Trinajstić information content (AvgIpc) is 2.46. The molecule has 0 atom stereocenters. The number of nitrogens with zero attached hydrogens (tertiary/aromatic N) is 4. The van der Waals surface area contributed by atoms with E-state index >= 15 is 0 Å². The lowest BCUT2D eigenvalue weighted by atomic mass is 10.3. The molecule has 0 radical (unpaired) electrons. The molecule has 2 aromatic heterocycles. The normalized spacial score (nSPS) is 10.3. The number of aromatic nitrogens is 4. The second kappa shape index (κ2) is 6.60. The zero-order chi connectivity index (χ0) is 13.7. The van der Waals surface area contributed by atoms with Gasteiger partial charge in [-0.3, -0.25) is 0 Å². The van der Waals surface area contributed by atoms with Crippen molar-refractivity contribution < 1.29 is 4.74 Å². The minimum absolute atomic E-state index is 0.471. The van der Waals surface area contributed by atoms with Crippen LogP contribution in [-0.2, 0) is 0 Å². The van der Waals surface area contributed by atoms with Gasteiger partial charge < -0.3 is 10.1 Å². The minimum Gasteiger partial charge on any atom is -0.480 e. The summed E-state index contributed by atoms with van der Waals surface area (Å²) in [5.41, 5.74) is 0.622. The molecule has 0 aliphatic rings. The molecule has 0 fully saturated rings. The molecule has 2 rings (SSSR count). The molecule has 2 aromatic rings. The molecule has 100 valence electrons. The van der Waals surface area contributed by atoms with Crippen LogP contribution in [0.5, 0.6) is 5.88 Å². The highest BCUT2D eigenvalue weighted by Crippen LogP contribution is 2.19.